The minimum Gasteiger partial charge on any atom is -0.489 e. The molecule has 2 N–H and O–H groups in total. The van der Waals surface area contributed by atoms with Crippen LogP contribution in [0.2, 0.25) is 0 Å². The highest BCUT2D eigenvalue weighted by Gasteiger charge is 2.13. The van der Waals surface area contributed by atoms with Gasteiger partial charge in [-0.05, 0) is 47.5 Å². The maximum Gasteiger partial charge on any atom is 0.251 e. The molecule has 3 rings (SSSR count). The lowest BCUT2D eigenvalue weighted by molar-refractivity contribution is 0.0950. The van der Waals surface area contributed by atoms with Crippen molar-refractivity contribution in [2.75, 3.05) is 6.54 Å². The Morgan fingerprint density at radius 1 is 0.900 bits per heavy atom. The SMILES string of the molecule is CCNS(=O)(=O)c1ccc(C(=O)NCc2cccc(OCc3ccccc3)c2)cc1. The van der Waals surface area contributed by atoms with Gasteiger partial charge in [0.25, 0.3) is 5.91 Å². The van der Waals surface area contributed by atoms with Gasteiger partial charge in [0.15, 0.2) is 0 Å². The van der Waals surface area contributed by atoms with E-state index in [-0.39, 0.29) is 10.8 Å². The van der Waals surface area contributed by atoms with Gasteiger partial charge in [-0.15, -0.1) is 0 Å². The number of nitrogens with one attached hydrogen (secondary N) is 2. The van der Waals surface area contributed by atoms with E-state index in [1.165, 1.54) is 24.3 Å². The zero-order valence-electron chi connectivity index (χ0n) is 16.7. The Hall–Kier alpha value is -3.16. The summed E-state index contributed by atoms with van der Waals surface area (Å²) >= 11 is 0. The molecule has 0 aliphatic heterocycles. The molecule has 3 aromatic carbocycles. The molecule has 156 valence electrons. The third-order valence-corrected chi connectivity index (χ3v) is 5.92. The summed E-state index contributed by atoms with van der Waals surface area (Å²) in [6.45, 7) is 2.82. The molecule has 3 aromatic rings. The number of hydrogen-bond donors (Lipinski definition) is 2. The van der Waals surface area contributed by atoms with E-state index in [1.807, 2.05) is 54.6 Å². The van der Waals surface area contributed by atoms with Gasteiger partial charge in [0, 0.05) is 18.7 Å². The van der Waals surface area contributed by atoms with E-state index in [0.717, 1.165) is 16.9 Å². The summed E-state index contributed by atoms with van der Waals surface area (Å²) in [5, 5.41) is 2.84. The van der Waals surface area contributed by atoms with Crippen LogP contribution in [0.5, 0.6) is 5.75 Å². The molecule has 0 unspecified atom stereocenters. The first kappa shape index (κ1) is 21.5. The number of ether oxygens (including phenoxy) is 1. The fraction of sp³-hybridized carbons (Fsp3) is 0.174. The van der Waals surface area contributed by atoms with Crippen molar-refractivity contribution in [3.63, 3.8) is 0 Å². The predicted molar refractivity (Wildman–Crippen MR) is 116 cm³/mol. The number of carbonyl (C=O) groups excluding carboxylic acids is 1. The zero-order valence-corrected chi connectivity index (χ0v) is 17.5. The van der Waals surface area contributed by atoms with Gasteiger partial charge in [-0.3, -0.25) is 4.79 Å². The molecular formula is C23H24N2O4S. The molecule has 0 aliphatic carbocycles. The lowest BCUT2D eigenvalue weighted by Gasteiger charge is -2.10. The normalized spacial score (nSPS) is 11.1. The average Bonchev–Trinajstić information content (AvgIpc) is 2.77. The van der Waals surface area contributed by atoms with Crippen LogP contribution in [0.15, 0.2) is 83.8 Å². The van der Waals surface area contributed by atoms with Crippen LogP contribution >= 0.6 is 0 Å². The fourth-order valence-electron chi connectivity index (χ4n) is 2.83. The highest BCUT2D eigenvalue weighted by Crippen LogP contribution is 2.16. The Morgan fingerprint density at radius 2 is 1.60 bits per heavy atom. The second-order valence-electron chi connectivity index (χ2n) is 6.63. The van der Waals surface area contributed by atoms with Crippen LogP contribution in [0.3, 0.4) is 0 Å². The number of rotatable bonds is 9. The minimum atomic E-state index is -3.53. The van der Waals surface area contributed by atoms with Crippen molar-refractivity contribution in [1.82, 2.24) is 10.0 Å². The first-order valence-electron chi connectivity index (χ1n) is 9.61. The molecule has 0 aliphatic rings. The van der Waals surface area contributed by atoms with Gasteiger partial charge in [-0.1, -0.05) is 49.4 Å². The molecular weight excluding hydrogens is 400 g/mol. The second-order valence-corrected chi connectivity index (χ2v) is 8.40. The van der Waals surface area contributed by atoms with E-state index < -0.39 is 10.0 Å². The van der Waals surface area contributed by atoms with Crippen LogP contribution in [0.1, 0.15) is 28.4 Å². The van der Waals surface area contributed by atoms with Gasteiger partial charge in [0.1, 0.15) is 12.4 Å². The van der Waals surface area contributed by atoms with Gasteiger partial charge < -0.3 is 10.1 Å². The van der Waals surface area contributed by atoms with Crippen molar-refractivity contribution in [3.05, 3.63) is 95.6 Å². The van der Waals surface area contributed by atoms with Gasteiger partial charge >= 0.3 is 0 Å². The van der Waals surface area contributed by atoms with Gasteiger partial charge in [0.2, 0.25) is 10.0 Å². The maximum absolute atomic E-state index is 12.4. The Labute approximate surface area is 177 Å². The summed E-state index contributed by atoms with van der Waals surface area (Å²) in [4.78, 5) is 12.5. The summed E-state index contributed by atoms with van der Waals surface area (Å²) in [5.74, 6) is 0.446. The zero-order chi connectivity index (χ0) is 21.4. The Morgan fingerprint density at radius 3 is 2.30 bits per heavy atom. The molecule has 0 heterocycles. The molecule has 0 fully saturated rings. The van der Waals surface area contributed by atoms with Crippen molar-refractivity contribution < 1.29 is 17.9 Å². The molecule has 30 heavy (non-hydrogen) atoms. The van der Waals surface area contributed by atoms with E-state index in [0.29, 0.717) is 25.3 Å². The van der Waals surface area contributed by atoms with Crippen LogP contribution in [-0.4, -0.2) is 20.9 Å². The highest BCUT2D eigenvalue weighted by atomic mass is 32.2. The molecule has 0 saturated carbocycles. The maximum atomic E-state index is 12.4. The van der Waals surface area contributed by atoms with Crippen LogP contribution in [0.25, 0.3) is 0 Å². The number of carbonyl (C=O) groups is 1. The van der Waals surface area contributed by atoms with Crippen molar-refractivity contribution in [2.24, 2.45) is 0 Å². The molecule has 0 spiro atoms. The van der Waals surface area contributed by atoms with Crippen LogP contribution in [0, 0.1) is 0 Å². The Balaban J connectivity index is 1.57. The van der Waals surface area contributed by atoms with Crippen molar-refractivity contribution in [3.8, 4) is 5.75 Å². The summed E-state index contributed by atoms with van der Waals surface area (Å²) in [7, 11) is -3.53. The van der Waals surface area contributed by atoms with E-state index in [1.54, 1.807) is 6.92 Å². The number of sulfonamides is 1. The molecule has 7 heteroatoms. The van der Waals surface area contributed by atoms with Crippen molar-refractivity contribution in [1.29, 1.82) is 0 Å². The number of hydrogen-bond acceptors (Lipinski definition) is 4. The van der Waals surface area contributed by atoms with Gasteiger partial charge in [-0.2, -0.15) is 0 Å². The third kappa shape index (κ3) is 5.92. The first-order valence-corrected chi connectivity index (χ1v) is 11.1. The molecule has 0 aromatic heterocycles. The molecule has 1 amide bonds. The van der Waals surface area contributed by atoms with Gasteiger partial charge in [-0.25, -0.2) is 13.1 Å². The smallest absolute Gasteiger partial charge is 0.251 e. The van der Waals surface area contributed by atoms with Gasteiger partial charge in [0.05, 0.1) is 4.90 Å². The topological polar surface area (TPSA) is 84.5 Å². The van der Waals surface area contributed by atoms with E-state index in [9.17, 15) is 13.2 Å². The highest BCUT2D eigenvalue weighted by molar-refractivity contribution is 7.89. The van der Waals surface area contributed by atoms with Crippen LogP contribution in [0.4, 0.5) is 0 Å². The molecule has 6 nitrogen and oxygen atoms in total. The predicted octanol–water partition coefficient (Wildman–Crippen LogP) is 3.49. The molecule has 0 saturated heterocycles. The van der Waals surface area contributed by atoms with E-state index in [2.05, 4.69) is 10.0 Å². The number of amides is 1. The first-order chi connectivity index (χ1) is 14.5. The van der Waals surface area contributed by atoms with E-state index >= 15 is 0 Å². The molecule has 0 atom stereocenters. The summed E-state index contributed by atoms with van der Waals surface area (Å²) in [5.41, 5.74) is 2.37. The Kier molecular flexibility index (Phi) is 7.21. The largest absolute Gasteiger partial charge is 0.489 e. The number of benzene rings is 3. The minimum absolute atomic E-state index is 0.129. The summed E-state index contributed by atoms with van der Waals surface area (Å²) < 4.78 is 32.2. The summed E-state index contributed by atoms with van der Waals surface area (Å²) in [6.07, 6.45) is 0. The molecule has 0 radical (unpaired) electrons. The van der Waals surface area contributed by atoms with Crippen molar-refractivity contribution in [2.45, 2.75) is 25.0 Å². The lowest BCUT2D eigenvalue weighted by Crippen LogP contribution is -2.24. The van der Waals surface area contributed by atoms with Crippen LogP contribution < -0.4 is 14.8 Å². The van der Waals surface area contributed by atoms with E-state index in [4.69, 9.17) is 4.74 Å². The average molecular weight is 425 g/mol. The molecule has 0 bridgehead atoms. The van der Waals surface area contributed by atoms with Crippen LogP contribution in [-0.2, 0) is 23.2 Å². The quantitative estimate of drug-likeness (QED) is 0.551. The third-order valence-electron chi connectivity index (χ3n) is 4.36. The second kappa shape index (κ2) is 10.0. The standard InChI is InChI=1S/C23H24N2O4S/c1-2-25-30(27,28)22-13-11-20(12-14-22)23(26)24-16-19-9-6-10-21(15-19)29-17-18-7-4-3-5-8-18/h3-15,25H,2,16-17H2,1H3,(H,24,26). The monoisotopic (exact) mass is 424 g/mol. The lowest BCUT2D eigenvalue weighted by atomic mass is 10.2. The summed E-state index contributed by atoms with van der Waals surface area (Å²) in [6, 6.07) is 23.3. The Bertz CT molecular complexity index is 1080. The van der Waals surface area contributed by atoms with Crippen molar-refractivity contribution >= 4 is 15.9 Å². The fourth-order valence-corrected chi connectivity index (χ4v) is 3.87.